The van der Waals surface area contributed by atoms with E-state index in [1.807, 2.05) is 20.9 Å². The SMILES string of the molecule is CC(=O)N(C)C1CCN(O)C(C)(C)C1. The largest absolute Gasteiger partial charge is 0.343 e. The van der Waals surface area contributed by atoms with Crippen molar-refractivity contribution in [2.45, 2.75) is 45.2 Å². The summed E-state index contributed by atoms with van der Waals surface area (Å²) in [6, 6.07) is 0.255. The number of hydrogen-bond acceptors (Lipinski definition) is 3. The summed E-state index contributed by atoms with van der Waals surface area (Å²) in [5, 5.41) is 11.0. The highest BCUT2D eigenvalue weighted by molar-refractivity contribution is 5.73. The Morgan fingerprint density at radius 1 is 1.57 bits per heavy atom. The maximum absolute atomic E-state index is 11.2. The Kier molecular flexibility index (Phi) is 3.17. The highest BCUT2D eigenvalue weighted by Crippen LogP contribution is 2.28. The van der Waals surface area contributed by atoms with Crippen LogP contribution in [0.25, 0.3) is 0 Å². The third-order valence-corrected chi connectivity index (χ3v) is 3.15. The van der Waals surface area contributed by atoms with Crippen LogP contribution in [0.1, 0.15) is 33.6 Å². The summed E-state index contributed by atoms with van der Waals surface area (Å²) in [6.45, 7) is 6.20. The molecule has 82 valence electrons. The van der Waals surface area contributed by atoms with Crippen molar-refractivity contribution >= 4 is 5.91 Å². The second-order valence-electron chi connectivity index (χ2n) is 4.71. The first-order chi connectivity index (χ1) is 6.34. The molecule has 4 heteroatoms. The lowest BCUT2D eigenvalue weighted by atomic mass is 9.88. The molecule has 1 aliphatic heterocycles. The Morgan fingerprint density at radius 2 is 2.14 bits per heavy atom. The number of rotatable bonds is 1. The first-order valence-electron chi connectivity index (χ1n) is 5.04. The van der Waals surface area contributed by atoms with Gasteiger partial charge in [-0.15, -0.1) is 0 Å². The van der Waals surface area contributed by atoms with E-state index in [9.17, 15) is 10.0 Å². The van der Waals surface area contributed by atoms with Gasteiger partial charge in [0.2, 0.25) is 5.91 Å². The molecule has 0 aliphatic carbocycles. The van der Waals surface area contributed by atoms with Gasteiger partial charge in [0.15, 0.2) is 0 Å². The normalized spacial score (nSPS) is 27.4. The molecule has 1 unspecified atom stereocenters. The maximum Gasteiger partial charge on any atom is 0.219 e. The molecular weight excluding hydrogens is 180 g/mol. The van der Waals surface area contributed by atoms with Crippen LogP contribution in [0.3, 0.4) is 0 Å². The summed E-state index contributed by atoms with van der Waals surface area (Å²) in [4.78, 5) is 13.0. The molecular formula is C10H20N2O2. The highest BCUT2D eigenvalue weighted by atomic mass is 16.5. The van der Waals surface area contributed by atoms with Gasteiger partial charge in [0.05, 0.1) is 0 Å². The molecule has 0 aromatic heterocycles. The Morgan fingerprint density at radius 3 is 2.57 bits per heavy atom. The van der Waals surface area contributed by atoms with Crippen molar-refractivity contribution < 1.29 is 10.0 Å². The van der Waals surface area contributed by atoms with Crippen molar-refractivity contribution in [1.29, 1.82) is 0 Å². The second-order valence-corrected chi connectivity index (χ2v) is 4.71. The Hall–Kier alpha value is -0.610. The molecule has 14 heavy (non-hydrogen) atoms. The van der Waals surface area contributed by atoms with E-state index in [0.29, 0.717) is 6.54 Å². The third-order valence-electron chi connectivity index (χ3n) is 3.15. The van der Waals surface area contributed by atoms with E-state index in [0.717, 1.165) is 12.8 Å². The van der Waals surface area contributed by atoms with E-state index >= 15 is 0 Å². The number of nitrogens with zero attached hydrogens (tertiary/aromatic N) is 2. The van der Waals surface area contributed by atoms with E-state index < -0.39 is 0 Å². The molecule has 1 amide bonds. The number of piperidine rings is 1. The molecule has 0 saturated carbocycles. The highest BCUT2D eigenvalue weighted by Gasteiger charge is 2.36. The van der Waals surface area contributed by atoms with E-state index in [1.165, 1.54) is 5.06 Å². The van der Waals surface area contributed by atoms with Crippen molar-refractivity contribution in [1.82, 2.24) is 9.96 Å². The topological polar surface area (TPSA) is 43.8 Å². The molecule has 1 aliphatic rings. The quantitative estimate of drug-likeness (QED) is 0.689. The fourth-order valence-corrected chi connectivity index (χ4v) is 1.95. The van der Waals surface area contributed by atoms with Gasteiger partial charge in [-0.1, -0.05) is 0 Å². The zero-order valence-electron chi connectivity index (χ0n) is 9.45. The molecule has 4 nitrogen and oxygen atoms in total. The summed E-state index contributed by atoms with van der Waals surface area (Å²) >= 11 is 0. The smallest absolute Gasteiger partial charge is 0.219 e. The second kappa shape index (κ2) is 3.87. The summed E-state index contributed by atoms with van der Waals surface area (Å²) in [7, 11) is 1.83. The van der Waals surface area contributed by atoms with Crippen LogP contribution in [0.4, 0.5) is 0 Å². The van der Waals surface area contributed by atoms with Gasteiger partial charge >= 0.3 is 0 Å². The summed E-state index contributed by atoms with van der Waals surface area (Å²) in [5.74, 6) is 0.0946. The molecule has 1 fully saturated rings. The number of carbonyl (C=O) groups excluding carboxylic acids is 1. The van der Waals surface area contributed by atoms with E-state index in [-0.39, 0.29) is 17.5 Å². The minimum absolute atomic E-state index is 0.0946. The molecule has 1 N–H and O–H groups in total. The average molecular weight is 200 g/mol. The minimum atomic E-state index is -0.230. The van der Waals surface area contributed by atoms with Gasteiger partial charge in [0.25, 0.3) is 0 Å². The number of carbonyl (C=O) groups is 1. The predicted molar refractivity (Wildman–Crippen MR) is 54.0 cm³/mol. The van der Waals surface area contributed by atoms with Crippen LogP contribution in [0.2, 0.25) is 0 Å². The molecule has 0 aromatic rings. The number of hydrogen-bond donors (Lipinski definition) is 1. The molecule has 0 aromatic carbocycles. The first-order valence-corrected chi connectivity index (χ1v) is 5.04. The lowest BCUT2D eigenvalue weighted by molar-refractivity contribution is -0.189. The van der Waals surface area contributed by atoms with Gasteiger partial charge in [-0.2, -0.15) is 5.06 Å². The summed E-state index contributed by atoms with van der Waals surface area (Å²) in [5.41, 5.74) is -0.230. The zero-order chi connectivity index (χ0) is 10.9. The van der Waals surface area contributed by atoms with Crippen LogP contribution >= 0.6 is 0 Å². The minimum Gasteiger partial charge on any atom is -0.343 e. The number of hydroxylamine groups is 2. The van der Waals surface area contributed by atoms with Crippen molar-refractivity contribution in [3.8, 4) is 0 Å². The van der Waals surface area contributed by atoms with Crippen molar-refractivity contribution in [2.75, 3.05) is 13.6 Å². The molecule has 1 heterocycles. The Labute approximate surface area is 85.4 Å². The lowest BCUT2D eigenvalue weighted by Crippen LogP contribution is -2.54. The lowest BCUT2D eigenvalue weighted by Gasteiger charge is -2.44. The summed E-state index contributed by atoms with van der Waals surface area (Å²) in [6.07, 6.45) is 1.66. The first kappa shape index (κ1) is 11.5. The predicted octanol–water partition coefficient (Wildman–Crippen LogP) is 1.10. The van der Waals surface area contributed by atoms with Gasteiger partial charge < -0.3 is 10.1 Å². The van der Waals surface area contributed by atoms with Gasteiger partial charge in [0, 0.05) is 32.1 Å². The van der Waals surface area contributed by atoms with Gasteiger partial charge in [-0.05, 0) is 26.7 Å². The Bertz CT molecular complexity index is 228. The van der Waals surface area contributed by atoms with Crippen molar-refractivity contribution in [3.05, 3.63) is 0 Å². The van der Waals surface area contributed by atoms with E-state index in [2.05, 4.69) is 0 Å². The maximum atomic E-state index is 11.2. The molecule has 0 radical (unpaired) electrons. The zero-order valence-corrected chi connectivity index (χ0v) is 9.45. The van der Waals surface area contributed by atoms with Crippen LogP contribution in [-0.2, 0) is 4.79 Å². The fourth-order valence-electron chi connectivity index (χ4n) is 1.95. The van der Waals surface area contributed by atoms with E-state index in [1.54, 1.807) is 11.8 Å². The molecule has 0 bridgehead atoms. The van der Waals surface area contributed by atoms with Crippen LogP contribution in [-0.4, -0.2) is 46.3 Å². The molecule has 1 atom stereocenters. The van der Waals surface area contributed by atoms with Crippen LogP contribution < -0.4 is 0 Å². The molecule has 0 spiro atoms. The van der Waals surface area contributed by atoms with Crippen LogP contribution in [0.15, 0.2) is 0 Å². The summed E-state index contributed by atoms with van der Waals surface area (Å²) < 4.78 is 0. The van der Waals surface area contributed by atoms with E-state index in [4.69, 9.17) is 0 Å². The third kappa shape index (κ3) is 2.25. The molecule has 1 rings (SSSR count). The van der Waals surface area contributed by atoms with Gasteiger partial charge in [-0.25, -0.2) is 0 Å². The Balaban J connectivity index is 2.64. The average Bonchev–Trinajstić information content (AvgIpc) is 2.08. The molecule has 1 saturated heterocycles. The van der Waals surface area contributed by atoms with Crippen molar-refractivity contribution in [3.63, 3.8) is 0 Å². The standard InChI is InChI=1S/C10H20N2O2/c1-8(13)11(4)9-5-6-12(14)10(2,3)7-9/h9,14H,5-7H2,1-4H3. The monoisotopic (exact) mass is 200 g/mol. The van der Waals surface area contributed by atoms with Gasteiger partial charge in [-0.3, -0.25) is 4.79 Å². The van der Waals surface area contributed by atoms with Crippen molar-refractivity contribution in [2.24, 2.45) is 0 Å². The van der Waals surface area contributed by atoms with Gasteiger partial charge in [0.1, 0.15) is 0 Å². The number of amides is 1. The van der Waals surface area contributed by atoms with Crippen LogP contribution in [0.5, 0.6) is 0 Å². The van der Waals surface area contributed by atoms with Crippen LogP contribution in [0, 0.1) is 0 Å². The fraction of sp³-hybridized carbons (Fsp3) is 0.900.